The highest BCUT2D eigenvalue weighted by Gasteiger charge is 2.15. The molecule has 13 heavy (non-hydrogen) atoms. The van der Waals surface area contributed by atoms with Crippen LogP contribution in [0.1, 0.15) is 10.4 Å². The van der Waals surface area contributed by atoms with Crippen molar-refractivity contribution >= 4 is 15.7 Å². The Morgan fingerprint density at radius 3 is 2.69 bits per heavy atom. The van der Waals surface area contributed by atoms with E-state index in [0.29, 0.717) is 0 Å². The predicted octanol–water partition coefficient (Wildman–Crippen LogP) is 0.815. The smallest absolute Gasteiger partial charge is 0.338 e. The van der Waals surface area contributed by atoms with Crippen LogP contribution in [0, 0.1) is 4.78 Å². The number of aromatic nitrogens is 1. The highest BCUT2D eigenvalue weighted by atomic mass is 32.2. The topological polar surface area (TPSA) is 91.1 Å². The fourth-order valence-corrected chi connectivity index (χ4v) is 1.70. The van der Waals surface area contributed by atoms with Crippen molar-refractivity contribution in [2.45, 2.75) is 5.03 Å². The van der Waals surface area contributed by atoms with E-state index in [1.54, 1.807) is 0 Å². The van der Waals surface area contributed by atoms with Gasteiger partial charge in [0.15, 0.2) is 0 Å². The van der Waals surface area contributed by atoms with E-state index < -0.39 is 15.7 Å². The number of rotatable bonds is 2. The van der Waals surface area contributed by atoms with Gasteiger partial charge in [-0.25, -0.2) is 18.8 Å². The molecule has 0 aliphatic carbocycles. The van der Waals surface area contributed by atoms with E-state index in [9.17, 15) is 9.00 Å². The zero-order valence-electron chi connectivity index (χ0n) is 6.85. The lowest BCUT2D eigenvalue weighted by Gasteiger charge is -2.02. The number of nitrogens with zero attached hydrogens (tertiary/aromatic N) is 1. The minimum atomic E-state index is -3.07. The van der Waals surface area contributed by atoms with Gasteiger partial charge in [-0.3, -0.25) is 0 Å². The van der Waals surface area contributed by atoms with E-state index in [-0.39, 0.29) is 10.6 Å². The fraction of sp³-hybridized carbons (Fsp3) is 0.143. The average molecular weight is 200 g/mol. The molecule has 0 saturated heterocycles. The molecule has 1 atom stereocenters. The molecule has 1 aromatic heterocycles. The van der Waals surface area contributed by atoms with Gasteiger partial charge in [0.1, 0.15) is 5.03 Å². The molecule has 0 bridgehead atoms. The first-order chi connectivity index (χ1) is 5.93. The Morgan fingerprint density at radius 1 is 1.69 bits per heavy atom. The first-order valence-corrected chi connectivity index (χ1v) is 5.31. The monoisotopic (exact) mass is 200 g/mol. The van der Waals surface area contributed by atoms with E-state index >= 15 is 0 Å². The second kappa shape index (κ2) is 3.14. The molecular formula is C7H8N2O3S. The van der Waals surface area contributed by atoms with Gasteiger partial charge in [0.2, 0.25) is 0 Å². The maximum Gasteiger partial charge on any atom is 0.338 e. The number of hydrogen-bond acceptors (Lipinski definition) is 4. The van der Waals surface area contributed by atoms with Gasteiger partial charge in [0.05, 0.1) is 15.3 Å². The van der Waals surface area contributed by atoms with Crippen LogP contribution in [0.25, 0.3) is 0 Å². The Bertz CT molecular complexity index is 439. The van der Waals surface area contributed by atoms with Crippen LogP contribution in [0.4, 0.5) is 0 Å². The molecule has 0 aliphatic heterocycles. The first-order valence-electron chi connectivity index (χ1n) is 3.35. The summed E-state index contributed by atoms with van der Waals surface area (Å²) in [6.07, 6.45) is 2.46. The summed E-state index contributed by atoms with van der Waals surface area (Å²) in [6, 6.07) is 2.71. The molecule has 6 heteroatoms. The minimum Gasteiger partial charge on any atom is -0.478 e. The van der Waals surface area contributed by atoms with Crippen LogP contribution < -0.4 is 0 Å². The summed E-state index contributed by atoms with van der Waals surface area (Å²) in [5, 5.41) is 8.50. The molecule has 0 saturated carbocycles. The predicted molar refractivity (Wildman–Crippen MR) is 46.2 cm³/mol. The second-order valence-electron chi connectivity index (χ2n) is 2.50. The molecule has 1 heterocycles. The number of hydrogen-bond donors (Lipinski definition) is 2. The highest BCUT2D eigenvalue weighted by Crippen LogP contribution is 2.11. The molecule has 0 fully saturated rings. The van der Waals surface area contributed by atoms with Crippen LogP contribution in [0.15, 0.2) is 23.4 Å². The van der Waals surface area contributed by atoms with Crippen LogP contribution in [0.2, 0.25) is 0 Å². The summed E-state index contributed by atoms with van der Waals surface area (Å²) in [5.41, 5.74) is -0.176. The van der Waals surface area contributed by atoms with Gasteiger partial charge in [0, 0.05) is 12.5 Å². The summed E-state index contributed by atoms with van der Waals surface area (Å²) < 4.78 is 18.5. The third-order valence-corrected chi connectivity index (χ3v) is 2.43. The van der Waals surface area contributed by atoms with Crippen LogP contribution in [-0.2, 0) is 9.73 Å². The van der Waals surface area contributed by atoms with Crippen LogP contribution in [-0.4, -0.2) is 26.5 Å². The van der Waals surface area contributed by atoms with Gasteiger partial charge in [-0.1, -0.05) is 0 Å². The van der Waals surface area contributed by atoms with Crippen LogP contribution in [0.3, 0.4) is 0 Å². The molecule has 0 aromatic carbocycles. The normalized spacial score (nSPS) is 14.8. The molecule has 0 spiro atoms. The first kappa shape index (κ1) is 9.66. The summed E-state index contributed by atoms with van der Waals surface area (Å²) in [7, 11) is -3.07. The molecule has 0 amide bonds. The molecule has 2 N–H and O–H groups in total. The van der Waals surface area contributed by atoms with Gasteiger partial charge in [0.25, 0.3) is 0 Å². The molecule has 0 unspecified atom stereocenters. The Hall–Kier alpha value is -1.43. The van der Waals surface area contributed by atoms with E-state index in [1.807, 2.05) is 0 Å². The lowest BCUT2D eigenvalue weighted by molar-refractivity contribution is 0.0692. The summed E-state index contributed by atoms with van der Waals surface area (Å²) in [4.78, 5) is 14.2. The molecule has 1 rings (SSSR count). The van der Waals surface area contributed by atoms with Crippen LogP contribution >= 0.6 is 0 Å². The van der Waals surface area contributed by atoms with Crippen molar-refractivity contribution < 1.29 is 14.1 Å². The maximum absolute atomic E-state index is 11.3. The standard InChI is InChI=1S/C7H8N2O3S/c1-13(8,12)6-5(7(10)11)3-2-4-9-6/h2-4,8H,1H3,(H,10,11)/t13-/m0/s1. The molecule has 70 valence electrons. The van der Waals surface area contributed by atoms with Crippen molar-refractivity contribution in [3.63, 3.8) is 0 Å². The zero-order valence-corrected chi connectivity index (χ0v) is 7.67. The zero-order chi connectivity index (χ0) is 10.1. The molecule has 0 aliphatic rings. The van der Waals surface area contributed by atoms with Crippen molar-refractivity contribution in [3.8, 4) is 0 Å². The Kier molecular flexibility index (Phi) is 2.33. The Labute approximate surface area is 75.4 Å². The summed E-state index contributed by atoms with van der Waals surface area (Å²) in [6.45, 7) is 0. The van der Waals surface area contributed by atoms with E-state index in [2.05, 4.69) is 4.98 Å². The third-order valence-electron chi connectivity index (χ3n) is 1.37. The number of pyridine rings is 1. The van der Waals surface area contributed by atoms with Crippen molar-refractivity contribution in [2.24, 2.45) is 0 Å². The van der Waals surface area contributed by atoms with Crippen molar-refractivity contribution in [1.29, 1.82) is 4.78 Å². The quantitative estimate of drug-likeness (QED) is 0.739. The molecule has 0 radical (unpaired) electrons. The summed E-state index contributed by atoms with van der Waals surface area (Å²) >= 11 is 0. The van der Waals surface area contributed by atoms with Gasteiger partial charge >= 0.3 is 5.97 Å². The number of carboxylic acid groups (broad SMARTS) is 1. The maximum atomic E-state index is 11.3. The van der Waals surface area contributed by atoms with Gasteiger partial charge in [-0.2, -0.15) is 0 Å². The lowest BCUT2D eigenvalue weighted by atomic mass is 10.3. The van der Waals surface area contributed by atoms with Crippen molar-refractivity contribution in [3.05, 3.63) is 23.9 Å². The number of aromatic carboxylic acids is 1. The largest absolute Gasteiger partial charge is 0.478 e. The SMILES string of the molecule is C[S@](=N)(=O)c1ncccc1C(=O)O. The van der Waals surface area contributed by atoms with Crippen molar-refractivity contribution in [1.82, 2.24) is 4.98 Å². The average Bonchev–Trinajstić information content (AvgIpc) is 2.03. The number of carbonyl (C=O) groups is 1. The molecule has 1 aromatic rings. The minimum absolute atomic E-state index is 0.176. The van der Waals surface area contributed by atoms with Crippen molar-refractivity contribution in [2.75, 3.05) is 6.26 Å². The van der Waals surface area contributed by atoms with Crippen LogP contribution in [0.5, 0.6) is 0 Å². The third kappa shape index (κ3) is 2.03. The molecule has 5 nitrogen and oxygen atoms in total. The van der Waals surface area contributed by atoms with Gasteiger partial charge in [-0.15, -0.1) is 0 Å². The Balaban J connectivity index is 3.46. The number of nitrogens with one attached hydrogen (secondary N) is 1. The lowest BCUT2D eigenvalue weighted by Crippen LogP contribution is -2.08. The highest BCUT2D eigenvalue weighted by molar-refractivity contribution is 7.91. The fourth-order valence-electron chi connectivity index (χ4n) is 0.864. The summed E-state index contributed by atoms with van der Waals surface area (Å²) in [5.74, 6) is -1.22. The van der Waals surface area contributed by atoms with Gasteiger partial charge in [-0.05, 0) is 12.1 Å². The van der Waals surface area contributed by atoms with Gasteiger partial charge < -0.3 is 5.11 Å². The second-order valence-corrected chi connectivity index (χ2v) is 4.58. The van der Waals surface area contributed by atoms with E-state index in [4.69, 9.17) is 9.89 Å². The number of carboxylic acids is 1. The molecular weight excluding hydrogens is 192 g/mol. The Morgan fingerprint density at radius 2 is 2.31 bits per heavy atom. The van der Waals surface area contributed by atoms with E-state index in [1.165, 1.54) is 18.3 Å². The van der Waals surface area contributed by atoms with E-state index in [0.717, 1.165) is 6.26 Å².